The molecular weight excluding hydrogens is 296 g/mol. The Morgan fingerprint density at radius 2 is 2.28 bits per heavy atom. The summed E-state index contributed by atoms with van der Waals surface area (Å²) in [6.07, 6.45) is 1.70. The number of halogens is 1. The van der Waals surface area contributed by atoms with E-state index in [0.29, 0.717) is 18.4 Å². The van der Waals surface area contributed by atoms with Crippen LogP contribution in [-0.2, 0) is 6.54 Å². The third-order valence-electron chi connectivity index (χ3n) is 2.70. The molecule has 3 rings (SSSR count). The fourth-order valence-corrected chi connectivity index (χ4v) is 2.25. The summed E-state index contributed by atoms with van der Waals surface area (Å²) in [5.41, 5.74) is 7.74. The van der Waals surface area contributed by atoms with E-state index in [1.54, 1.807) is 6.20 Å². The molecule has 3 aromatic rings. The lowest BCUT2D eigenvalue weighted by Gasteiger charge is -2.02. The monoisotopic (exact) mass is 306 g/mol. The summed E-state index contributed by atoms with van der Waals surface area (Å²) in [5.74, 6) is 1.87. The van der Waals surface area contributed by atoms with Crippen molar-refractivity contribution in [3.05, 3.63) is 40.5 Å². The molecular formula is C12H11BrN4O. The Balaban J connectivity index is 2.08. The number of hydrogen-bond donors (Lipinski definition) is 1. The van der Waals surface area contributed by atoms with Gasteiger partial charge in [0.15, 0.2) is 0 Å². The molecule has 2 aromatic heterocycles. The summed E-state index contributed by atoms with van der Waals surface area (Å²) in [4.78, 5) is 8.49. The molecule has 92 valence electrons. The fraction of sp³-hybridized carbons (Fsp3) is 0.167. The van der Waals surface area contributed by atoms with E-state index in [1.165, 1.54) is 0 Å². The summed E-state index contributed by atoms with van der Waals surface area (Å²) in [6.45, 7) is 2.35. The van der Waals surface area contributed by atoms with Crippen molar-refractivity contribution >= 4 is 32.9 Å². The van der Waals surface area contributed by atoms with Crippen molar-refractivity contribution < 1.29 is 4.42 Å². The molecule has 2 N–H and O–H groups in total. The molecule has 0 amide bonds. The van der Waals surface area contributed by atoms with Gasteiger partial charge in [0.1, 0.15) is 12.3 Å². The zero-order chi connectivity index (χ0) is 12.7. The average Bonchev–Trinajstić information content (AvgIpc) is 2.84. The minimum atomic E-state index is 0.457. The third kappa shape index (κ3) is 1.88. The van der Waals surface area contributed by atoms with Gasteiger partial charge in [0.05, 0.1) is 17.2 Å². The standard InChI is InChI=1S/C12H11BrN4O/c1-7-5-15-11(18-7)6-17-10-3-2-8(13)4-9(10)16-12(17)14/h2-5H,6H2,1H3,(H2,14,16). The Morgan fingerprint density at radius 3 is 3.00 bits per heavy atom. The number of benzene rings is 1. The van der Waals surface area contributed by atoms with Gasteiger partial charge in [-0.25, -0.2) is 9.97 Å². The summed E-state index contributed by atoms with van der Waals surface area (Å²) >= 11 is 3.42. The second-order valence-electron chi connectivity index (χ2n) is 4.05. The van der Waals surface area contributed by atoms with E-state index in [1.807, 2.05) is 29.7 Å². The number of nitrogens with two attached hydrogens (primary N) is 1. The van der Waals surface area contributed by atoms with Gasteiger partial charge in [-0.15, -0.1) is 0 Å². The minimum Gasteiger partial charge on any atom is -0.444 e. The van der Waals surface area contributed by atoms with Crippen LogP contribution in [0.5, 0.6) is 0 Å². The summed E-state index contributed by atoms with van der Waals surface area (Å²) in [6, 6.07) is 5.86. The Labute approximate surface area is 112 Å². The van der Waals surface area contributed by atoms with Crippen LogP contribution in [0.25, 0.3) is 11.0 Å². The first-order valence-corrected chi connectivity index (χ1v) is 6.25. The van der Waals surface area contributed by atoms with Gasteiger partial charge < -0.3 is 14.7 Å². The van der Waals surface area contributed by atoms with Crippen molar-refractivity contribution in [2.24, 2.45) is 0 Å². The van der Waals surface area contributed by atoms with Crippen LogP contribution >= 0.6 is 15.9 Å². The first-order chi connectivity index (χ1) is 8.63. The van der Waals surface area contributed by atoms with Crippen LogP contribution in [0.3, 0.4) is 0 Å². The smallest absolute Gasteiger partial charge is 0.214 e. The molecule has 0 aliphatic rings. The largest absolute Gasteiger partial charge is 0.444 e. The van der Waals surface area contributed by atoms with Crippen molar-refractivity contribution in [1.29, 1.82) is 0 Å². The van der Waals surface area contributed by atoms with Crippen molar-refractivity contribution in [2.75, 3.05) is 5.73 Å². The van der Waals surface area contributed by atoms with Gasteiger partial charge in [-0.1, -0.05) is 15.9 Å². The van der Waals surface area contributed by atoms with Crippen molar-refractivity contribution in [1.82, 2.24) is 14.5 Å². The van der Waals surface area contributed by atoms with Crippen LogP contribution in [0.4, 0.5) is 5.95 Å². The van der Waals surface area contributed by atoms with E-state index >= 15 is 0 Å². The Hall–Kier alpha value is -1.82. The fourth-order valence-electron chi connectivity index (χ4n) is 1.90. The number of aryl methyl sites for hydroxylation is 1. The molecule has 5 nitrogen and oxygen atoms in total. The van der Waals surface area contributed by atoms with E-state index in [-0.39, 0.29) is 0 Å². The normalized spacial score (nSPS) is 11.2. The highest BCUT2D eigenvalue weighted by atomic mass is 79.9. The maximum absolute atomic E-state index is 5.93. The quantitative estimate of drug-likeness (QED) is 0.790. The summed E-state index contributed by atoms with van der Waals surface area (Å²) in [5, 5.41) is 0. The molecule has 0 radical (unpaired) electrons. The number of imidazole rings is 1. The number of oxazole rings is 1. The molecule has 0 aliphatic heterocycles. The zero-order valence-electron chi connectivity index (χ0n) is 9.72. The predicted octanol–water partition coefficient (Wildman–Crippen LogP) is 2.73. The van der Waals surface area contributed by atoms with Crippen molar-refractivity contribution in [3.63, 3.8) is 0 Å². The molecule has 2 heterocycles. The second kappa shape index (κ2) is 4.13. The zero-order valence-corrected chi connectivity index (χ0v) is 11.3. The van der Waals surface area contributed by atoms with Crippen LogP contribution in [0, 0.1) is 6.92 Å². The van der Waals surface area contributed by atoms with Crippen LogP contribution in [0.1, 0.15) is 11.7 Å². The van der Waals surface area contributed by atoms with Gasteiger partial charge in [-0.2, -0.15) is 0 Å². The van der Waals surface area contributed by atoms with Crippen molar-refractivity contribution in [3.8, 4) is 0 Å². The van der Waals surface area contributed by atoms with Gasteiger partial charge in [0.25, 0.3) is 0 Å². The molecule has 6 heteroatoms. The lowest BCUT2D eigenvalue weighted by molar-refractivity contribution is 0.461. The Morgan fingerprint density at radius 1 is 1.44 bits per heavy atom. The maximum atomic E-state index is 5.93. The highest BCUT2D eigenvalue weighted by molar-refractivity contribution is 9.10. The molecule has 0 saturated heterocycles. The van der Waals surface area contributed by atoms with E-state index in [4.69, 9.17) is 10.2 Å². The van der Waals surface area contributed by atoms with E-state index < -0.39 is 0 Å². The number of hydrogen-bond acceptors (Lipinski definition) is 4. The number of aromatic nitrogens is 3. The van der Waals surface area contributed by atoms with Crippen LogP contribution in [0.15, 0.2) is 33.3 Å². The molecule has 0 aliphatic carbocycles. The highest BCUT2D eigenvalue weighted by Crippen LogP contribution is 2.22. The molecule has 18 heavy (non-hydrogen) atoms. The number of anilines is 1. The molecule has 1 aromatic carbocycles. The number of rotatable bonds is 2. The lowest BCUT2D eigenvalue weighted by Crippen LogP contribution is -2.04. The molecule has 0 saturated carbocycles. The third-order valence-corrected chi connectivity index (χ3v) is 3.20. The first-order valence-electron chi connectivity index (χ1n) is 5.46. The van der Waals surface area contributed by atoms with Crippen LogP contribution in [-0.4, -0.2) is 14.5 Å². The predicted molar refractivity (Wildman–Crippen MR) is 72.2 cm³/mol. The second-order valence-corrected chi connectivity index (χ2v) is 4.97. The van der Waals surface area contributed by atoms with Crippen LogP contribution in [0.2, 0.25) is 0 Å². The van der Waals surface area contributed by atoms with Gasteiger partial charge in [-0.3, -0.25) is 0 Å². The number of nitrogen functional groups attached to an aromatic ring is 1. The molecule has 0 atom stereocenters. The van der Waals surface area contributed by atoms with Gasteiger partial charge in [-0.05, 0) is 25.1 Å². The first kappa shape index (κ1) is 11.3. The Bertz CT molecular complexity index is 716. The maximum Gasteiger partial charge on any atom is 0.214 e. The van der Waals surface area contributed by atoms with Crippen LogP contribution < -0.4 is 5.73 Å². The van der Waals surface area contributed by atoms with Gasteiger partial charge in [0.2, 0.25) is 11.8 Å². The molecule has 0 fully saturated rings. The molecule has 0 spiro atoms. The number of fused-ring (bicyclic) bond motifs is 1. The summed E-state index contributed by atoms with van der Waals surface area (Å²) in [7, 11) is 0. The lowest BCUT2D eigenvalue weighted by atomic mass is 10.3. The SMILES string of the molecule is Cc1cnc(Cn2c(N)nc3cc(Br)ccc32)o1. The average molecular weight is 307 g/mol. The Kier molecular flexibility index (Phi) is 2.59. The molecule has 0 bridgehead atoms. The molecule has 0 unspecified atom stereocenters. The van der Waals surface area contributed by atoms with Gasteiger partial charge >= 0.3 is 0 Å². The van der Waals surface area contributed by atoms with E-state index in [2.05, 4.69) is 25.9 Å². The number of nitrogens with zero attached hydrogens (tertiary/aromatic N) is 3. The minimum absolute atomic E-state index is 0.457. The van der Waals surface area contributed by atoms with Crippen molar-refractivity contribution in [2.45, 2.75) is 13.5 Å². The van der Waals surface area contributed by atoms with E-state index in [0.717, 1.165) is 21.3 Å². The summed E-state index contributed by atoms with van der Waals surface area (Å²) < 4.78 is 8.32. The highest BCUT2D eigenvalue weighted by Gasteiger charge is 2.11. The van der Waals surface area contributed by atoms with E-state index in [9.17, 15) is 0 Å². The topological polar surface area (TPSA) is 69.9 Å². The van der Waals surface area contributed by atoms with Gasteiger partial charge in [0, 0.05) is 4.47 Å².